The summed E-state index contributed by atoms with van der Waals surface area (Å²) in [5, 5.41) is 6.77. The summed E-state index contributed by atoms with van der Waals surface area (Å²) in [6.07, 6.45) is 1.07. The molecule has 1 atom stereocenters. The fourth-order valence-electron chi connectivity index (χ4n) is 1.72. The van der Waals surface area contributed by atoms with Crippen LogP contribution in [0.5, 0.6) is 0 Å². The Bertz CT molecular complexity index is 311. The van der Waals surface area contributed by atoms with Crippen LogP contribution in [0.3, 0.4) is 0 Å². The van der Waals surface area contributed by atoms with Crippen LogP contribution in [0.2, 0.25) is 0 Å². The van der Waals surface area contributed by atoms with Crippen LogP contribution in [-0.4, -0.2) is 24.7 Å². The van der Waals surface area contributed by atoms with Crippen molar-refractivity contribution in [1.29, 1.82) is 0 Å². The van der Waals surface area contributed by atoms with E-state index in [0.717, 1.165) is 26.2 Å². The topological polar surface area (TPSA) is 34.1 Å². The minimum Gasteiger partial charge on any atom is -0.378 e. The Balaban J connectivity index is 0.00000128. The summed E-state index contributed by atoms with van der Waals surface area (Å²) >= 11 is 1.74. The molecule has 0 aliphatic carbocycles. The fraction of sp³-hybridized carbons (Fsp3) is 0.727. The van der Waals surface area contributed by atoms with Gasteiger partial charge in [0, 0.05) is 11.9 Å². The van der Waals surface area contributed by atoms with Gasteiger partial charge in [-0.05, 0) is 12.3 Å². The molecule has 0 bridgehead atoms. The van der Waals surface area contributed by atoms with Crippen molar-refractivity contribution >= 4 is 23.7 Å². The van der Waals surface area contributed by atoms with E-state index in [1.165, 1.54) is 10.7 Å². The van der Waals surface area contributed by atoms with Gasteiger partial charge in [-0.3, -0.25) is 0 Å². The van der Waals surface area contributed by atoms with Crippen LogP contribution in [0.25, 0.3) is 0 Å². The van der Waals surface area contributed by atoms with Crippen molar-refractivity contribution in [3.05, 3.63) is 16.1 Å². The lowest BCUT2D eigenvalue weighted by atomic mass is 10.1. The monoisotopic (exact) mass is 262 g/mol. The molecule has 0 aromatic carbocycles. The van der Waals surface area contributed by atoms with E-state index in [1.54, 1.807) is 11.3 Å². The number of hydrogen-bond donors (Lipinski definition) is 1. The number of aromatic nitrogens is 1. The lowest BCUT2D eigenvalue weighted by molar-refractivity contribution is 0.0767. The summed E-state index contributed by atoms with van der Waals surface area (Å²) in [5.74, 6) is 0.676. The standard InChI is InChI=1S/C11H18N2OS.ClH/c1-8(2)5-9-7-15-11(13-9)10-6-14-4-3-12-10;/h7-8,10,12H,3-6H2,1-2H3;1H. The minimum atomic E-state index is 0. The predicted molar refractivity (Wildman–Crippen MR) is 69.5 cm³/mol. The van der Waals surface area contributed by atoms with Crippen molar-refractivity contribution in [3.63, 3.8) is 0 Å². The smallest absolute Gasteiger partial charge is 0.112 e. The van der Waals surface area contributed by atoms with E-state index < -0.39 is 0 Å². The van der Waals surface area contributed by atoms with E-state index in [1.807, 2.05) is 0 Å². The molecule has 1 saturated heterocycles. The zero-order valence-corrected chi connectivity index (χ0v) is 11.4. The second kappa shape index (κ2) is 6.55. The molecule has 0 radical (unpaired) electrons. The normalized spacial score (nSPS) is 20.8. The summed E-state index contributed by atoms with van der Waals surface area (Å²) in [6, 6.07) is 0.310. The van der Waals surface area contributed by atoms with Gasteiger partial charge in [0.25, 0.3) is 0 Å². The van der Waals surface area contributed by atoms with Gasteiger partial charge < -0.3 is 10.1 Å². The Morgan fingerprint density at radius 1 is 1.62 bits per heavy atom. The average Bonchev–Trinajstić information content (AvgIpc) is 2.67. The first-order chi connectivity index (χ1) is 7.25. The maximum atomic E-state index is 5.43. The minimum absolute atomic E-state index is 0. The van der Waals surface area contributed by atoms with Gasteiger partial charge in [0.1, 0.15) is 5.01 Å². The maximum absolute atomic E-state index is 5.43. The first-order valence-corrected chi connectivity index (χ1v) is 6.39. The Hall–Kier alpha value is -0.160. The van der Waals surface area contributed by atoms with Crippen LogP contribution in [-0.2, 0) is 11.2 Å². The van der Waals surface area contributed by atoms with Crippen LogP contribution < -0.4 is 5.32 Å². The van der Waals surface area contributed by atoms with Gasteiger partial charge in [-0.2, -0.15) is 0 Å². The fourth-order valence-corrected chi connectivity index (χ4v) is 2.61. The molecule has 92 valence electrons. The van der Waals surface area contributed by atoms with Gasteiger partial charge in [-0.1, -0.05) is 13.8 Å². The number of nitrogens with zero attached hydrogens (tertiary/aromatic N) is 1. The molecule has 2 rings (SSSR count). The molecular formula is C11H19ClN2OS. The Labute approximate surface area is 107 Å². The molecule has 0 saturated carbocycles. The molecule has 16 heavy (non-hydrogen) atoms. The molecule has 5 heteroatoms. The highest BCUT2D eigenvalue weighted by molar-refractivity contribution is 7.09. The van der Waals surface area contributed by atoms with Crippen molar-refractivity contribution in [2.75, 3.05) is 19.8 Å². The molecule has 1 aromatic heterocycles. The molecule has 1 aliphatic rings. The van der Waals surface area contributed by atoms with Crippen LogP contribution in [0.1, 0.15) is 30.6 Å². The third-order valence-corrected chi connectivity index (χ3v) is 3.41. The van der Waals surface area contributed by atoms with Crippen molar-refractivity contribution in [1.82, 2.24) is 10.3 Å². The Kier molecular flexibility index (Phi) is 5.69. The van der Waals surface area contributed by atoms with Crippen LogP contribution in [0.15, 0.2) is 5.38 Å². The van der Waals surface area contributed by atoms with Gasteiger partial charge in [-0.15, -0.1) is 23.7 Å². The number of rotatable bonds is 3. The number of hydrogen-bond acceptors (Lipinski definition) is 4. The summed E-state index contributed by atoms with van der Waals surface area (Å²) in [6.45, 7) is 6.96. The molecule has 1 fully saturated rings. The molecule has 0 spiro atoms. The number of thiazole rings is 1. The van der Waals surface area contributed by atoms with E-state index in [2.05, 4.69) is 29.5 Å². The number of ether oxygens (including phenoxy) is 1. The van der Waals surface area contributed by atoms with Crippen molar-refractivity contribution in [3.8, 4) is 0 Å². The zero-order chi connectivity index (χ0) is 10.7. The molecule has 1 aromatic rings. The van der Waals surface area contributed by atoms with Crippen LogP contribution in [0, 0.1) is 5.92 Å². The molecule has 2 heterocycles. The molecular weight excluding hydrogens is 244 g/mol. The summed E-state index contributed by atoms with van der Waals surface area (Å²) < 4.78 is 5.43. The van der Waals surface area contributed by atoms with E-state index in [0.29, 0.717) is 12.0 Å². The second-order valence-electron chi connectivity index (χ2n) is 4.36. The largest absolute Gasteiger partial charge is 0.378 e. The van der Waals surface area contributed by atoms with Crippen molar-refractivity contribution in [2.24, 2.45) is 5.92 Å². The summed E-state index contributed by atoms with van der Waals surface area (Å²) in [4.78, 5) is 4.65. The zero-order valence-electron chi connectivity index (χ0n) is 9.73. The van der Waals surface area contributed by atoms with Crippen LogP contribution in [0.4, 0.5) is 0 Å². The van der Waals surface area contributed by atoms with E-state index in [4.69, 9.17) is 4.74 Å². The average molecular weight is 263 g/mol. The molecule has 1 N–H and O–H groups in total. The van der Waals surface area contributed by atoms with Gasteiger partial charge in [0.05, 0.1) is 24.9 Å². The van der Waals surface area contributed by atoms with Gasteiger partial charge in [-0.25, -0.2) is 4.98 Å². The van der Waals surface area contributed by atoms with Crippen molar-refractivity contribution < 1.29 is 4.74 Å². The molecule has 3 nitrogen and oxygen atoms in total. The highest BCUT2D eigenvalue weighted by Gasteiger charge is 2.18. The Morgan fingerprint density at radius 2 is 2.44 bits per heavy atom. The first-order valence-electron chi connectivity index (χ1n) is 5.51. The summed E-state index contributed by atoms with van der Waals surface area (Å²) in [7, 11) is 0. The van der Waals surface area contributed by atoms with E-state index in [-0.39, 0.29) is 12.4 Å². The third-order valence-electron chi connectivity index (χ3n) is 2.41. The highest BCUT2D eigenvalue weighted by atomic mass is 35.5. The lowest BCUT2D eigenvalue weighted by Gasteiger charge is -2.21. The molecule has 1 aliphatic heterocycles. The number of morpholine rings is 1. The third kappa shape index (κ3) is 3.70. The molecule has 0 amide bonds. The maximum Gasteiger partial charge on any atom is 0.112 e. The van der Waals surface area contributed by atoms with Gasteiger partial charge >= 0.3 is 0 Å². The number of nitrogens with one attached hydrogen (secondary N) is 1. The SMILES string of the molecule is CC(C)Cc1csc(C2COCCN2)n1.Cl. The van der Waals surface area contributed by atoms with Gasteiger partial charge in [0.15, 0.2) is 0 Å². The predicted octanol–water partition coefficient (Wildman–Crippen LogP) is 2.42. The van der Waals surface area contributed by atoms with Gasteiger partial charge in [0.2, 0.25) is 0 Å². The van der Waals surface area contributed by atoms with E-state index >= 15 is 0 Å². The molecule has 1 unspecified atom stereocenters. The summed E-state index contributed by atoms with van der Waals surface area (Å²) in [5.41, 5.74) is 1.22. The van der Waals surface area contributed by atoms with Crippen molar-refractivity contribution in [2.45, 2.75) is 26.3 Å². The second-order valence-corrected chi connectivity index (χ2v) is 5.25. The quantitative estimate of drug-likeness (QED) is 0.909. The Morgan fingerprint density at radius 3 is 3.06 bits per heavy atom. The van der Waals surface area contributed by atoms with E-state index in [9.17, 15) is 0 Å². The number of halogens is 1. The first kappa shape index (κ1) is 13.9. The van der Waals surface area contributed by atoms with Crippen LogP contribution >= 0.6 is 23.7 Å². The highest BCUT2D eigenvalue weighted by Crippen LogP contribution is 2.21. The lowest BCUT2D eigenvalue weighted by Crippen LogP contribution is -2.34.